The Labute approximate surface area is 98.4 Å². The molecule has 1 nitrogen and oxygen atoms in total. The SMILES string of the molecule is Cc1cc(C#CCCl)ccc1OCC(F)F. The first-order chi connectivity index (χ1) is 7.63. The van der Waals surface area contributed by atoms with Crippen molar-refractivity contribution in [3.8, 4) is 17.6 Å². The van der Waals surface area contributed by atoms with Gasteiger partial charge in [0, 0.05) is 5.56 Å². The molecule has 0 spiro atoms. The van der Waals surface area contributed by atoms with E-state index in [0.717, 1.165) is 11.1 Å². The van der Waals surface area contributed by atoms with Gasteiger partial charge in [0.25, 0.3) is 6.43 Å². The van der Waals surface area contributed by atoms with Gasteiger partial charge in [-0.3, -0.25) is 0 Å². The number of hydrogen-bond donors (Lipinski definition) is 0. The Bertz CT molecular complexity index is 407. The molecule has 1 aromatic rings. The van der Waals surface area contributed by atoms with Gasteiger partial charge in [-0.15, -0.1) is 11.6 Å². The van der Waals surface area contributed by atoms with Gasteiger partial charge in [0.15, 0.2) is 0 Å². The molecule has 0 aromatic heterocycles. The first-order valence-corrected chi connectivity index (χ1v) is 5.23. The zero-order chi connectivity index (χ0) is 12.0. The third-order valence-corrected chi connectivity index (χ3v) is 1.97. The summed E-state index contributed by atoms with van der Waals surface area (Å²) in [7, 11) is 0. The number of aryl methyl sites for hydroxylation is 1. The van der Waals surface area contributed by atoms with Crippen LogP contribution in [0.4, 0.5) is 8.78 Å². The van der Waals surface area contributed by atoms with Gasteiger partial charge in [0.2, 0.25) is 0 Å². The maximum absolute atomic E-state index is 11.9. The predicted octanol–water partition coefficient (Wildman–Crippen LogP) is 3.23. The highest BCUT2D eigenvalue weighted by atomic mass is 35.5. The van der Waals surface area contributed by atoms with Gasteiger partial charge in [-0.2, -0.15) is 0 Å². The summed E-state index contributed by atoms with van der Waals surface area (Å²) in [4.78, 5) is 0. The van der Waals surface area contributed by atoms with Crippen LogP contribution in [0.3, 0.4) is 0 Å². The van der Waals surface area contributed by atoms with Gasteiger partial charge in [-0.05, 0) is 30.7 Å². The van der Waals surface area contributed by atoms with Gasteiger partial charge in [0.1, 0.15) is 12.4 Å². The van der Waals surface area contributed by atoms with Gasteiger partial charge in [0.05, 0.1) is 5.88 Å². The van der Waals surface area contributed by atoms with E-state index in [4.69, 9.17) is 16.3 Å². The number of benzene rings is 1. The van der Waals surface area contributed by atoms with Crippen LogP contribution in [-0.2, 0) is 0 Å². The van der Waals surface area contributed by atoms with E-state index in [0.29, 0.717) is 5.75 Å². The van der Waals surface area contributed by atoms with E-state index in [1.807, 2.05) is 0 Å². The summed E-state index contributed by atoms with van der Waals surface area (Å²) in [6, 6.07) is 5.13. The molecule has 1 rings (SSSR count). The van der Waals surface area contributed by atoms with E-state index in [1.54, 1.807) is 25.1 Å². The zero-order valence-corrected chi connectivity index (χ0v) is 9.52. The van der Waals surface area contributed by atoms with Crippen molar-refractivity contribution >= 4 is 11.6 Å². The van der Waals surface area contributed by atoms with E-state index >= 15 is 0 Å². The molecular formula is C12H11ClF2O. The molecule has 0 fully saturated rings. The second-order valence-corrected chi connectivity index (χ2v) is 3.39. The molecule has 0 atom stereocenters. The second kappa shape index (κ2) is 6.34. The average Bonchev–Trinajstić information content (AvgIpc) is 2.24. The largest absolute Gasteiger partial charge is 0.487 e. The van der Waals surface area contributed by atoms with Crippen molar-refractivity contribution in [2.24, 2.45) is 0 Å². The molecule has 4 heteroatoms. The summed E-state index contributed by atoms with van der Waals surface area (Å²) in [5.41, 5.74) is 1.57. The molecule has 0 aliphatic carbocycles. The molecular weight excluding hydrogens is 234 g/mol. The van der Waals surface area contributed by atoms with Gasteiger partial charge < -0.3 is 4.74 Å². The van der Waals surface area contributed by atoms with Gasteiger partial charge in [-0.1, -0.05) is 11.8 Å². The third kappa shape index (κ3) is 4.08. The van der Waals surface area contributed by atoms with Gasteiger partial charge >= 0.3 is 0 Å². The van der Waals surface area contributed by atoms with Crippen molar-refractivity contribution < 1.29 is 13.5 Å². The second-order valence-electron chi connectivity index (χ2n) is 3.12. The monoisotopic (exact) mass is 244 g/mol. The number of rotatable bonds is 3. The molecule has 0 radical (unpaired) electrons. The van der Waals surface area contributed by atoms with Crippen LogP contribution >= 0.6 is 11.6 Å². The number of halogens is 3. The van der Waals surface area contributed by atoms with Crippen molar-refractivity contribution in [1.82, 2.24) is 0 Å². The minimum Gasteiger partial charge on any atom is -0.487 e. The Morgan fingerprint density at radius 1 is 1.44 bits per heavy atom. The van der Waals surface area contributed by atoms with Crippen molar-refractivity contribution in [3.05, 3.63) is 29.3 Å². The predicted molar refractivity (Wildman–Crippen MR) is 60.3 cm³/mol. The molecule has 0 saturated carbocycles. The van der Waals surface area contributed by atoms with Crippen LogP contribution in [0, 0.1) is 18.8 Å². The first kappa shape index (κ1) is 12.8. The Kier molecular flexibility index (Phi) is 5.07. The molecule has 0 aliphatic rings. The number of hydrogen-bond acceptors (Lipinski definition) is 1. The fraction of sp³-hybridized carbons (Fsp3) is 0.333. The van der Waals surface area contributed by atoms with Crippen molar-refractivity contribution in [3.63, 3.8) is 0 Å². The quantitative estimate of drug-likeness (QED) is 0.586. The topological polar surface area (TPSA) is 9.23 Å². The van der Waals surface area contributed by atoms with Crippen LogP contribution in [0.25, 0.3) is 0 Å². The number of alkyl halides is 3. The van der Waals surface area contributed by atoms with Crippen LogP contribution in [-0.4, -0.2) is 18.9 Å². The minimum absolute atomic E-state index is 0.267. The Morgan fingerprint density at radius 2 is 2.19 bits per heavy atom. The van der Waals surface area contributed by atoms with Crippen molar-refractivity contribution in [2.75, 3.05) is 12.5 Å². The van der Waals surface area contributed by atoms with Gasteiger partial charge in [-0.25, -0.2) is 8.78 Å². The maximum atomic E-state index is 11.9. The lowest BCUT2D eigenvalue weighted by atomic mass is 10.1. The summed E-state index contributed by atoms with van der Waals surface area (Å²) in [6.45, 7) is 1.19. The van der Waals surface area contributed by atoms with Crippen LogP contribution in [0.2, 0.25) is 0 Å². The van der Waals surface area contributed by atoms with E-state index in [2.05, 4.69) is 11.8 Å². The highest BCUT2D eigenvalue weighted by Gasteiger charge is 2.05. The van der Waals surface area contributed by atoms with E-state index in [9.17, 15) is 8.78 Å². The highest BCUT2D eigenvalue weighted by molar-refractivity contribution is 6.19. The van der Waals surface area contributed by atoms with Crippen LogP contribution in [0.15, 0.2) is 18.2 Å². The lowest BCUT2D eigenvalue weighted by molar-refractivity contribution is 0.0816. The Balaban J connectivity index is 2.75. The van der Waals surface area contributed by atoms with Crippen molar-refractivity contribution in [2.45, 2.75) is 13.3 Å². The summed E-state index contributed by atoms with van der Waals surface area (Å²) >= 11 is 5.43. The molecule has 86 valence electrons. The van der Waals surface area contributed by atoms with Crippen molar-refractivity contribution in [1.29, 1.82) is 0 Å². The molecule has 0 aliphatic heterocycles. The molecule has 0 saturated heterocycles. The minimum atomic E-state index is -2.46. The Morgan fingerprint density at radius 3 is 2.75 bits per heavy atom. The van der Waals surface area contributed by atoms with Crippen LogP contribution in [0.1, 0.15) is 11.1 Å². The fourth-order valence-corrected chi connectivity index (χ4v) is 1.24. The number of ether oxygens (including phenoxy) is 1. The Hall–Kier alpha value is -1.27. The zero-order valence-electron chi connectivity index (χ0n) is 8.77. The molecule has 16 heavy (non-hydrogen) atoms. The summed E-state index contributed by atoms with van der Waals surface area (Å²) in [5, 5.41) is 0. The highest BCUT2D eigenvalue weighted by Crippen LogP contribution is 2.19. The average molecular weight is 245 g/mol. The normalized spacial score (nSPS) is 9.81. The summed E-state index contributed by atoms with van der Waals surface area (Å²) in [6.07, 6.45) is -2.46. The molecule has 0 unspecified atom stereocenters. The lowest BCUT2D eigenvalue weighted by Crippen LogP contribution is -2.07. The van der Waals surface area contributed by atoms with E-state index < -0.39 is 13.0 Å². The summed E-state index contributed by atoms with van der Waals surface area (Å²) < 4.78 is 28.8. The molecule has 0 heterocycles. The third-order valence-electron chi connectivity index (χ3n) is 1.84. The first-order valence-electron chi connectivity index (χ1n) is 4.70. The lowest BCUT2D eigenvalue weighted by Gasteiger charge is -2.08. The van der Waals surface area contributed by atoms with Crippen LogP contribution in [0.5, 0.6) is 5.75 Å². The fourth-order valence-electron chi connectivity index (χ4n) is 1.18. The van der Waals surface area contributed by atoms with E-state index in [1.165, 1.54) is 0 Å². The smallest absolute Gasteiger partial charge is 0.272 e. The summed E-state index contributed by atoms with van der Waals surface area (Å²) in [5.74, 6) is 6.28. The van der Waals surface area contributed by atoms with Crippen LogP contribution < -0.4 is 4.74 Å². The maximum Gasteiger partial charge on any atom is 0.272 e. The molecule has 0 N–H and O–H groups in total. The molecule has 0 amide bonds. The molecule has 0 bridgehead atoms. The van der Waals surface area contributed by atoms with E-state index in [-0.39, 0.29) is 5.88 Å². The molecule has 1 aromatic carbocycles. The standard InChI is InChI=1S/C12H11ClF2O/c1-9-7-10(3-2-6-13)4-5-11(9)16-8-12(14)15/h4-5,7,12H,6,8H2,1H3.